The van der Waals surface area contributed by atoms with E-state index in [0.717, 1.165) is 5.56 Å². The Morgan fingerprint density at radius 2 is 1.84 bits per heavy atom. The van der Waals surface area contributed by atoms with Crippen molar-refractivity contribution in [3.63, 3.8) is 0 Å². The van der Waals surface area contributed by atoms with Gasteiger partial charge in [0.05, 0.1) is 13.2 Å². The Morgan fingerprint density at radius 3 is 2.47 bits per heavy atom. The maximum Gasteiger partial charge on any atom is 0.312 e. The molecule has 0 aromatic heterocycles. The highest BCUT2D eigenvalue weighted by atomic mass is 16.5. The summed E-state index contributed by atoms with van der Waals surface area (Å²) in [4.78, 5) is 25.1. The molecule has 19 heavy (non-hydrogen) atoms. The second-order valence-electron chi connectivity index (χ2n) is 4.57. The van der Waals surface area contributed by atoms with Crippen LogP contribution in [0.4, 0.5) is 0 Å². The third-order valence-corrected chi connectivity index (χ3v) is 3.07. The summed E-state index contributed by atoms with van der Waals surface area (Å²) >= 11 is 0. The standard InChI is InChI=1S/C14H18N2O3/c1-11-2-4-12(5-3-11)10-15-13(17)14(18)16-6-8-19-9-7-16/h2-5H,6-10H2,1H3,(H,15,17). The molecule has 1 fully saturated rings. The van der Waals surface area contributed by atoms with Gasteiger partial charge < -0.3 is 15.0 Å². The molecule has 0 saturated carbocycles. The lowest BCUT2D eigenvalue weighted by Gasteiger charge is -2.26. The Balaban J connectivity index is 1.83. The fourth-order valence-corrected chi connectivity index (χ4v) is 1.87. The number of benzene rings is 1. The number of morpholine rings is 1. The summed E-state index contributed by atoms with van der Waals surface area (Å²) in [5.41, 5.74) is 2.15. The van der Waals surface area contributed by atoms with Crippen LogP contribution in [0.5, 0.6) is 0 Å². The number of nitrogens with one attached hydrogen (secondary N) is 1. The molecule has 1 N–H and O–H groups in total. The van der Waals surface area contributed by atoms with Gasteiger partial charge in [-0.15, -0.1) is 0 Å². The molecule has 1 heterocycles. The first-order chi connectivity index (χ1) is 9.16. The van der Waals surface area contributed by atoms with E-state index in [1.165, 1.54) is 10.5 Å². The van der Waals surface area contributed by atoms with Gasteiger partial charge >= 0.3 is 11.8 Å². The van der Waals surface area contributed by atoms with E-state index in [0.29, 0.717) is 32.8 Å². The highest BCUT2D eigenvalue weighted by Crippen LogP contribution is 2.03. The summed E-state index contributed by atoms with van der Waals surface area (Å²) in [5.74, 6) is -1.03. The lowest BCUT2D eigenvalue weighted by Crippen LogP contribution is -2.47. The molecule has 1 aromatic carbocycles. The van der Waals surface area contributed by atoms with Gasteiger partial charge in [0.2, 0.25) is 0 Å². The van der Waals surface area contributed by atoms with Crippen molar-refractivity contribution < 1.29 is 14.3 Å². The average Bonchev–Trinajstić information content (AvgIpc) is 2.46. The number of ether oxygens (including phenoxy) is 1. The molecular formula is C14H18N2O3. The van der Waals surface area contributed by atoms with E-state index in [4.69, 9.17) is 4.74 Å². The van der Waals surface area contributed by atoms with Crippen molar-refractivity contribution in [2.24, 2.45) is 0 Å². The smallest absolute Gasteiger partial charge is 0.312 e. The number of rotatable bonds is 2. The molecule has 0 atom stereocenters. The summed E-state index contributed by atoms with van der Waals surface area (Å²) in [7, 11) is 0. The van der Waals surface area contributed by atoms with Gasteiger partial charge in [0, 0.05) is 19.6 Å². The molecule has 0 spiro atoms. The predicted molar refractivity (Wildman–Crippen MR) is 70.4 cm³/mol. The van der Waals surface area contributed by atoms with Crippen LogP contribution in [-0.4, -0.2) is 43.0 Å². The molecule has 0 bridgehead atoms. The minimum atomic E-state index is -0.553. The zero-order chi connectivity index (χ0) is 13.7. The predicted octanol–water partition coefficient (Wildman–Crippen LogP) is 0.470. The summed E-state index contributed by atoms with van der Waals surface area (Å²) in [5, 5.41) is 2.64. The highest BCUT2D eigenvalue weighted by molar-refractivity contribution is 6.34. The third kappa shape index (κ3) is 3.79. The number of carbonyl (C=O) groups excluding carboxylic acids is 2. The van der Waals surface area contributed by atoms with E-state index < -0.39 is 11.8 Å². The number of nitrogens with zero attached hydrogens (tertiary/aromatic N) is 1. The lowest BCUT2D eigenvalue weighted by molar-refractivity contribution is -0.148. The summed E-state index contributed by atoms with van der Waals surface area (Å²) in [6.07, 6.45) is 0. The molecule has 5 heteroatoms. The molecule has 0 unspecified atom stereocenters. The molecule has 0 aliphatic carbocycles. The molecule has 2 amide bonds. The number of hydrogen-bond donors (Lipinski definition) is 1. The van der Waals surface area contributed by atoms with Crippen LogP contribution in [0.2, 0.25) is 0 Å². The molecule has 1 aliphatic heterocycles. The Hall–Kier alpha value is -1.88. The molecule has 2 rings (SSSR count). The monoisotopic (exact) mass is 262 g/mol. The van der Waals surface area contributed by atoms with Crippen molar-refractivity contribution in [1.82, 2.24) is 10.2 Å². The van der Waals surface area contributed by atoms with Gasteiger partial charge in [-0.25, -0.2) is 0 Å². The van der Waals surface area contributed by atoms with Crippen molar-refractivity contribution in [3.8, 4) is 0 Å². The van der Waals surface area contributed by atoms with Crippen molar-refractivity contribution in [1.29, 1.82) is 0 Å². The molecule has 102 valence electrons. The van der Waals surface area contributed by atoms with Crippen LogP contribution in [0.15, 0.2) is 24.3 Å². The maximum absolute atomic E-state index is 11.8. The number of amides is 2. The van der Waals surface area contributed by atoms with E-state index in [2.05, 4.69) is 5.32 Å². The molecular weight excluding hydrogens is 244 g/mol. The van der Waals surface area contributed by atoms with Crippen molar-refractivity contribution in [2.75, 3.05) is 26.3 Å². The quantitative estimate of drug-likeness (QED) is 0.788. The van der Waals surface area contributed by atoms with Gasteiger partial charge in [0.1, 0.15) is 0 Å². The number of hydrogen-bond acceptors (Lipinski definition) is 3. The van der Waals surface area contributed by atoms with E-state index in [9.17, 15) is 9.59 Å². The number of carbonyl (C=O) groups is 2. The van der Waals surface area contributed by atoms with Crippen LogP contribution < -0.4 is 5.32 Å². The molecule has 1 aliphatic rings. The minimum Gasteiger partial charge on any atom is -0.378 e. The molecule has 1 aromatic rings. The first-order valence-corrected chi connectivity index (χ1v) is 6.37. The van der Waals surface area contributed by atoms with Gasteiger partial charge in [0.25, 0.3) is 0 Å². The second kappa shape index (κ2) is 6.33. The zero-order valence-corrected chi connectivity index (χ0v) is 11.0. The van der Waals surface area contributed by atoms with Crippen LogP contribution in [0, 0.1) is 6.92 Å². The topological polar surface area (TPSA) is 58.6 Å². The fourth-order valence-electron chi connectivity index (χ4n) is 1.87. The average molecular weight is 262 g/mol. The SMILES string of the molecule is Cc1ccc(CNC(=O)C(=O)N2CCOCC2)cc1. The van der Waals surface area contributed by atoms with Gasteiger partial charge in [0.15, 0.2) is 0 Å². The molecule has 1 saturated heterocycles. The summed E-state index contributed by atoms with van der Waals surface area (Å²) < 4.78 is 5.14. The molecule has 0 radical (unpaired) electrons. The van der Waals surface area contributed by atoms with Crippen LogP contribution >= 0.6 is 0 Å². The molecule has 5 nitrogen and oxygen atoms in total. The van der Waals surface area contributed by atoms with Crippen LogP contribution in [0.25, 0.3) is 0 Å². The largest absolute Gasteiger partial charge is 0.378 e. The second-order valence-corrected chi connectivity index (χ2v) is 4.57. The fraction of sp³-hybridized carbons (Fsp3) is 0.429. The van der Waals surface area contributed by atoms with Crippen LogP contribution in [0.3, 0.4) is 0 Å². The first-order valence-electron chi connectivity index (χ1n) is 6.37. The summed E-state index contributed by atoms with van der Waals surface area (Å²) in [6.45, 7) is 4.33. The van der Waals surface area contributed by atoms with Gasteiger partial charge in [-0.2, -0.15) is 0 Å². The van der Waals surface area contributed by atoms with Crippen LogP contribution in [0.1, 0.15) is 11.1 Å². The van der Waals surface area contributed by atoms with Crippen LogP contribution in [-0.2, 0) is 20.9 Å². The van der Waals surface area contributed by atoms with E-state index >= 15 is 0 Å². The van der Waals surface area contributed by atoms with E-state index in [1.807, 2.05) is 31.2 Å². The van der Waals surface area contributed by atoms with E-state index in [-0.39, 0.29) is 0 Å². The third-order valence-electron chi connectivity index (χ3n) is 3.07. The normalized spacial score (nSPS) is 15.1. The van der Waals surface area contributed by atoms with Crippen molar-refractivity contribution >= 4 is 11.8 Å². The van der Waals surface area contributed by atoms with Crippen molar-refractivity contribution in [3.05, 3.63) is 35.4 Å². The maximum atomic E-state index is 11.8. The minimum absolute atomic E-state index is 0.370. The van der Waals surface area contributed by atoms with Gasteiger partial charge in [-0.3, -0.25) is 9.59 Å². The van der Waals surface area contributed by atoms with Gasteiger partial charge in [-0.1, -0.05) is 29.8 Å². The Labute approximate surface area is 112 Å². The Morgan fingerprint density at radius 1 is 1.21 bits per heavy atom. The first kappa shape index (κ1) is 13.5. The van der Waals surface area contributed by atoms with Crippen molar-refractivity contribution in [2.45, 2.75) is 13.5 Å². The summed E-state index contributed by atoms with van der Waals surface area (Å²) in [6, 6.07) is 7.83. The number of aryl methyl sites for hydroxylation is 1. The van der Waals surface area contributed by atoms with E-state index in [1.54, 1.807) is 0 Å². The Kier molecular flexibility index (Phi) is 4.52. The highest BCUT2D eigenvalue weighted by Gasteiger charge is 2.23. The van der Waals surface area contributed by atoms with Gasteiger partial charge in [-0.05, 0) is 12.5 Å². The zero-order valence-electron chi connectivity index (χ0n) is 11.0. The Bertz CT molecular complexity index is 450. The lowest BCUT2D eigenvalue weighted by atomic mass is 10.1.